The molecule has 132 valence electrons. The number of benzene rings is 1. The highest BCUT2D eigenvalue weighted by Gasteiger charge is 2.34. The van der Waals surface area contributed by atoms with E-state index in [1.165, 1.54) is 15.9 Å². The third-order valence-corrected chi connectivity index (χ3v) is 4.51. The monoisotopic (exact) mass is 376 g/mol. The molecular weight excluding hydrogens is 365 g/mol. The Bertz CT molecular complexity index is 1010. The van der Waals surface area contributed by atoms with Crippen LogP contribution in [0.1, 0.15) is 22.3 Å². The van der Waals surface area contributed by atoms with Crippen molar-refractivity contribution in [3.8, 4) is 0 Å². The Kier molecular flexibility index (Phi) is 4.03. The zero-order valence-electron chi connectivity index (χ0n) is 13.1. The van der Waals surface area contributed by atoms with Gasteiger partial charge in [-0.05, 0) is 5.56 Å². The molecule has 0 aliphatic heterocycles. The molecule has 0 spiro atoms. The largest absolute Gasteiger partial charge is 0.433 e. The quantitative estimate of drug-likeness (QED) is 0.587. The first kappa shape index (κ1) is 16.5. The fourth-order valence-electron chi connectivity index (χ4n) is 2.52. The van der Waals surface area contributed by atoms with Crippen LogP contribution in [-0.4, -0.2) is 24.6 Å². The first-order valence-corrected chi connectivity index (χ1v) is 8.39. The Morgan fingerprint density at radius 3 is 2.62 bits per heavy atom. The first-order valence-electron chi connectivity index (χ1n) is 7.51. The van der Waals surface area contributed by atoms with Crippen molar-refractivity contribution in [3.05, 3.63) is 70.6 Å². The van der Waals surface area contributed by atoms with E-state index in [9.17, 15) is 13.2 Å². The summed E-state index contributed by atoms with van der Waals surface area (Å²) in [6.45, 7) is 0. The number of nitrogens with one attached hydrogen (secondary N) is 1. The van der Waals surface area contributed by atoms with Crippen LogP contribution in [0.25, 0.3) is 5.78 Å². The van der Waals surface area contributed by atoms with Gasteiger partial charge in [0.1, 0.15) is 23.2 Å². The van der Waals surface area contributed by atoms with Crippen LogP contribution >= 0.6 is 11.3 Å². The fraction of sp³-hybridized carbons (Fsp3) is 0.125. The number of halogens is 3. The summed E-state index contributed by atoms with van der Waals surface area (Å²) in [5.41, 5.74) is -0.174. The van der Waals surface area contributed by atoms with Crippen molar-refractivity contribution in [2.75, 3.05) is 5.32 Å². The summed E-state index contributed by atoms with van der Waals surface area (Å²) < 4.78 is 40.8. The van der Waals surface area contributed by atoms with Gasteiger partial charge in [-0.25, -0.2) is 9.97 Å². The van der Waals surface area contributed by atoms with Crippen LogP contribution < -0.4 is 5.32 Å². The number of aromatic nitrogens is 5. The topological polar surface area (TPSA) is 68.0 Å². The molecule has 0 saturated carbocycles. The lowest BCUT2D eigenvalue weighted by atomic mass is 10.1. The van der Waals surface area contributed by atoms with Crippen molar-refractivity contribution in [1.29, 1.82) is 0 Å². The molecule has 1 atom stereocenters. The van der Waals surface area contributed by atoms with Gasteiger partial charge in [-0.2, -0.15) is 27.8 Å². The van der Waals surface area contributed by atoms with E-state index in [1.807, 2.05) is 35.7 Å². The Balaban J connectivity index is 1.82. The van der Waals surface area contributed by atoms with Gasteiger partial charge in [-0.15, -0.1) is 11.3 Å². The van der Waals surface area contributed by atoms with Gasteiger partial charge < -0.3 is 5.32 Å². The molecule has 4 aromatic rings. The summed E-state index contributed by atoms with van der Waals surface area (Å²) in [5, 5.41) is 9.60. The number of thiazole rings is 1. The lowest BCUT2D eigenvalue weighted by Crippen LogP contribution is -2.17. The maximum absolute atomic E-state index is 13.2. The second kappa shape index (κ2) is 6.37. The minimum atomic E-state index is -4.59. The summed E-state index contributed by atoms with van der Waals surface area (Å²) in [6, 6.07) is 9.82. The summed E-state index contributed by atoms with van der Waals surface area (Å²) >= 11 is 1.41. The molecule has 1 N–H and O–H groups in total. The zero-order valence-corrected chi connectivity index (χ0v) is 13.9. The van der Waals surface area contributed by atoms with Crippen LogP contribution in [0.3, 0.4) is 0 Å². The lowest BCUT2D eigenvalue weighted by Gasteiger charge is -2.19. The molecule has 3 heterocycles. The summed E-state index contributed by atoms with van der Waals surface area (Å²) in [6.07, 6.45) is -1.78. The molecule has 0 fully saturated rings. The Hall–Kier alpha value is -3.01. The average Bonchev–Trinajstić information content (AvgIpc) is 3.31. The predicted molar refractivity (Wildman–Crippen MR) is 89.8 cm³/mol. The number of alkyl halides is 3. The van der Waals surface area contributed by atoms with Crippen LogP contribution in [0.4, 0.5) is 19.0 Å². The smallest absolute Gasteiger partial charge is 0.357 e. The molecular formula is C16H11F3N6S. The number of fused-ring (bicyclic) bond motifs is 1. The van der Waals surface area contributed by atoms with Gasteiger partial charge in [0.05, 0.1) is 0 Å². The molecule has 0 aliphatic rings. The van der Waals surface area contributed by atoms with Crippen LogP contribution in [0.2, 0.25) is 0 Å². The van der Waals surface area contributed by atoms with Crippen LogP contribution in [0, 0.1) is 0 Å². The van der Waals surface area contributed by atoms with Gasteiger partial charge in [0.25, 0.3) is 5.78 Å². The van der Waals surface area contributed by atoms with Crippen LogP contribution in [-0.2, 0) is 6.18 Å². The van der Waals surface area contributed by atoms with Crippen molar-refractivity contribution in [3.63, 3.8) is 0 Å². The highest BCUT2D eigenvalue weighted by molar-refractivity contribution is 7.09. The minimum Gasteiger partial charge on any atom is -0.357 e. The number of rotatable bonds is 4. The molecule has 10 heteroatoms. The van der Waals surface area contributed by atoms with Crippen LogP contribution in [0.15, 0.2) is 54.3 Å². The standard InChI is InChI=1S/C16H11F3N6S/c17-16(18,19)11-8-12(25-15(23-11)21-9-22-25)24-13(14-20-6-7-26-14)10-4-2-1-3-5-10/h1-9,13,24H. The number of hydrogen-bond donors (Lipinski definition) is 1. The van der Waals surface area contributed by atoms with Crippen molar-refractivity contribution in [2.24, 2.45) is 0 Å². The Morgan fingerprint density at radius 1 is 1.12 bits per heavy atom. The number of hydrogen-bond acceptors (Lipinski definition) is 6. The van der Waals surface area contributed by atoms with Crippen molar-refractivity contribution in [2.45, 2.75) is 12.2 Å². The van der Waals surface area contributed by atoms with Gasteiger partial charge in [-0.3, -0.25) is 0 Å². The van der Waals surface area contributed by atoms with Crippen LogP contribution in [0.5, 0.6) is 0 Å². The molecule has 0 radical (unpaired) electrons. The van der Waals surface area contributed by atoms with Gasteiger partial charge in [0.2, 0.25) is 0 Å². The van der Waals surface area contributed by atoms with Crippen molar-refractivity contribution >= 4 is 22.9 Å². The third kappa shape index (κ3) is 3.10. The molecule has 1 unspecified atom stereocenters. The minimum absolute atomic E-state index is 0.129. The molecule has 26 heavy (non-hydrogen) atoms. The number of anilines is 1. The SMILES string of the molecule is FC(F)(F)c1cc(NC(c2ccccc2)c2nccs2)n2ncnc2n1. The second-order valence-corrected chi connectivity index (χ2v) is 6.28. The summed E-state index contributed by atoms with van der Waals surface area (Å²) in [4.78, 5) is 11.6. The Labute approximate surface area is 149 Å². The van der Waals surface area contributed by atoms with E-state index in [2.05, 4.69) is 25.4 Å². The zero-order chi connectivity index (χ0) is 18.1. The van der Waals surface area contributed by atoms with E-state index in [-0.39, 0.29) is 11.6 Å². The van der Waals surface area contributed by atoms with E-state index in [1.54, 1.807) is 6.20 Å². The van der Waals surface area contributed by atoms with Gasteiger partial charge >= 0.3 is 6.18 Å². The van der Waals surface area contributed by atoms with Gasteiger partial charge in [0, 0.05) is 17.6 Å². The van der Waals surface area contributed by atoms with Gasteiger partial charge in [-0.1, -0.05) is 30.3 Å². The molecule has 0 aliphatic carbocycles. The predicted octanol–water partition coefficient (Wildman–Crippen LogP) is 3.80. The summed E-state index contributed by atoms with van der Waals surface area (Å²) in [5.74, 6) is -0.00264. The highest BCUT2D eigenvalue weighted by atomic mass is 32.1. The number of nitrogens with zero attached hydrogens (tertiary/aromatic N) is 5. The third-order valence-electron chi connectivity index (χ3n) is 3.67. The van der Waals surface area contributed by atoms with Gasteiger partial charge in [0.15, 0.2) is 5.69 Å². The second-order valence-electron chi connectivity index (χ2n) is 5.35. The summed E-state index contributed by atoms with van der Waals surface area (Å²) in [7, 11) is 0. The van der Waals surface area contributed by atoms with E-state index < -0.39 is 17.9 Å². The molecule has 4 rings (SSSR count). The van der Waals surface area contributed by atoms with E-state index in [0.717, 1.165) is 23.0 Å². The molecule has 6 nitrogen and oxygen atoms in total. The van der Waals surface area contributed by atoms with Crippen molar-refractivity contribution < 1.29 is 13.2 Å². The first-order chi connectivity index (χ1) is 12.5. The molecule has 1 aromatic carbocycles. The maximum atomic E-state index is 13.2. The van der Waals surface area contributed by atoms with E-state index >= 15 is 0 Å². The maximum Gasteiger partial charge on any atom is 0.433 e. The molecule has 3 aromatic heterocycles. The van der Waals surface area contributed by atoms with Crippen molar-refractivity contribution in [1.82, 2.24) is 24.6 Å². The molecule has 0 bridgehead atoms. The van der Waals surface area contributed by atoms with E-state index in [4.69, 9.17) is 0 Å². The average molecular weight is 376 g/mol. The fourth-order valence-corrected chi connectivity index (χ4v) is 3.23. The Morgan fingerprint density at radius 2 is 1.92 bits per heavy atom. The normalized spacial score (nSPS) is 13.0. The molecule has 0 saturated heterocycles. The lowest BCUT2D eigenvalue weighted by molar-refractivity contribution is -0.141. The van der Waals surface area contributed by atoms with E-state index in [0.29, 0.717) is 0 Å². The highest BCUT2D eigenvalue weighted by Crippen LogP contribution is 2.32. The molecule has 0 amide bonds.